The first-order valence-corrected chi connectivity index (χ1v) is 21.5. The van der Waals surface area contributed by atoms with Gasteiger partial charge in [0.15, 0.2) is 19.7 Å². The van der Waals surface area contributed by atoms with Gasteiger partial charge >= 0.3 is 0 Å². The lowest BCUT2D eigenvalue weighted by molar-refractivity contribution is 0.585. The van der Waals surface area contributed by atoms with E-state index in [0.717, 1.165) is 59.5 Å². The first-order valence-electron chi connectivity index (χ1n) is 17.2. The molecular weight excluding hydrogens is 665 g/mol. The van der Waals surface area contributed by atoms with Gasteiger partial charge in [-0.1, -0.05) is 106 Å². The smallest absolute Gasteiger partial charge is 0.185 e. The third kappa shape index (κ3) is 15.7. The Balaban J connectivity index is 2.14. The Morgan fingerprint density at radius 2 is 0.878 bits per heavy atom. The monoisotopic (exact) mass is 722 g/mol. The number of thioether (sulfide) groups is 1. The molecule has 0 radical (unpaired) electrons. The number of hydrogen-bond acceptors (Lipinski definition) is 5. The molecule has 0 amide bonds. The van der Waals surface area contributed by atoms with Crippen LogP contribution >= 0.6 is 11.8 Å². The summed E-state index contributed by atoms with van der Waals surface area (Å²) in [6, 6.07) is 17.5. The quantitative estimate of drug-likeness (QED) is 0.101. The molecule has 0 saturated heterocycles. The van der Waals surface area contributed by atoms with Crippen molar-refractivity contribution in [3.05, 3.63) is 131 Å². The minimum absolute atomic E-state index is 0.349. The van der Waals surface area contributed by atoms with Crippen molar-refractivity contribution < 1.29 is 16.8 Å². The molecule has 2 atom stereocenters. The molecule has 0 aliphatic heterocycles. The lowest BCUT2D eigenvalue weighted by Crippen LogP contribution is -2.20. The van der Waals surface area contributed by atoms with E-state index in [2.05, 4.69) is 52.0 Å². The Kier molecular flexibility index (Phi) is 18.4. The molecule has 0 saturated carbocycles. The summed E-state index contributed by atoms with van der Waals surface area (Å²) in [6.45, 7) is 16.4. The van der Waals surface area contributed by atoms with E-state index in [1.54, 1.807) is 60.3 Å². The summed E-state index contributed by atoms with van der Waals surface area (Å²) in [5.74, 6) is 1.48. The van der Waals surface area contributed by atoms with Gasteiger partial charge in [0.05, 0.1) is 20.3 Å². The van der Waals surface area contributed by atoms with E-state index in [1.807, 2.05) is 52.0 Å². The summed E-state index contributed by atoms with van der Waals surface area (Å²) in [7, 11) is -7.09. The number of allylic oxidation sites excluding steroid dienone is 8. The van der Waals surface area contributed by atoms with Gasteiger partial charge in [-0.2, -0.15) is 11.8 Å². The molecule has 4 nitrogen and oxygen atoms in total. The van der Waals surface area contributed by atoms with E-state index in [1.165, 1.54) is 11.1 Å². The molecule has 0 heterocycles. The van der Waals surface area contributed by atoms with Crippen LogP contribution < -0.4 is 0 Å². The highest BCUT2D eigenvalue weighted by Gasteiger charge is 2.27. The van der Waals surface area contributed by atoms with Crippen LogP contribution in [-0.2, 0) is 19.7 Å². The normalized spacial score (nSPS) is 14.7. The fraction of sp³-hybridized carbons (Fsp3) is 0.429. The average Bonchev–Trinajstić information content (AvgIpc) is 3.04. The van der Waals surface area contributed by atoms with E-state index in [9.17, 15) is 16.8 Å². The molecule has 0 fully saturated rings. The van der Waals surface area contributed by atoms with Gasteiger partial charge in [-0.25, -0.2) is 16.8 Å². The third-order valence-corrected chi connectivity index (χ3v) is 13.1. The topological polar surface area (TPSA) is 68.3 Å². The molecule has 2 aromatic carbocycles. The maximum atomic E-state index is 13.7. The molecule has 0 aliphatic rings. The Bertz CT molecular complexity index is 1590. The van der Waals surface area contributed by atoms with E-state index in [4.69, 9.17) is 0 Å². The summed E-state index contributed by atoms with van der Waals surface area (Å²) in [4.78, 5) is 0.698. The van der Waals surface area contributed by atoms with Crippen LogP contribution in [0.15, 0.2) is 140 Å². The van der Waals surface area contributed by atoms with Crippen molar-refractivity contribution in [3.63, 3.8) is 0 Å². The van der Waals surface area contributed by atoms with Crippen molar-refractivity contribution in [2.75, 3.05) is 11.5 Å². The molecule has 0 aromatic heterocycles. The van der Waals surface area contributed by atoms with Gasteiger partial charge in [-0.05, 0) is 118 Å². The lowest BCUT2D eigenvalue weighted by atomic mass is 10.1. The maximum absolute atomic E-state index is 13.7. The molecule has 2 aromatic rings. The van der Waals surface area contributed by atoms with Crippen molar-refractivity contribution in [3.8, 4) is 0 Å². The third-order valence-electron chi connectivity index (χ3n) is 8.21. The van der Waals surface area contributed by atoms with Crippen LogP contribution in [0.4, 0.5) is 0 Å². The van der Waals surface area contributed by atoms with E-state index < -0.39 is 30.2 Å². The Labute approximate surface area is 303 Å². The molecular formula is C42H58O4S3. The van der Waals surface area contributed by atoms with Crippen LogP contribution in [0.1, 0.15) is 93.9 Å². The number of benzene rings is 2. The Morgan fingerprint density at radius 1 is 0.531 bits per heavy atom. The van der Waals surface area contributed by atoms with E-state index in [-0.39, 0.29) is 0 Å². The molecule has 2 rings (SSSR count). The lowest BCUT2D eigenvalue weighted by Gasteiger charge is -2.17. The summed E-state index contributed by atoms with van der Waals surface area (Å²) < 4.78 is 54.7. The molecule has 49 heavy (non-hydrogen) atoms. The highest BCUT2D eigenvalue weighted by atomic mass is 32.2. The van der Waals surface area contributed by atoms with Gasteiger partial charge in [0, 0.05) is 11.5 Å². The Morgan fingerprint density at radius 3 is 1.20 bits per heavy atom. The van der Waals surface area contributed by atoms with Crippen LogP contribution in [0.2, 0.25) is 0 Å². The molecule has 0 N–H and O–H groups in total. The van der Waals surface area contributed by atoms with Crippen molar-refractivity contribution >= 4 is 31.4 Å². The maximum Gasteiger partial charge on any atom is 0.185 e. The van der Waals surface area contributed by atoms with E-state index >= 15 is 0 Å². The molecule has 0 bridgehead atoms. The van der Waals surface area contributed by atoms with Crippen molar-refractivity contribution in [2.24, 2.45) is 0 Å². The van der Waals surface area contributed by atoms with Crippen molar-refractivity contribution in [1.82, 2.24) is 0 Å². The summed E-state index contributed by atoms with van der Waals surface area (Å²) in [6.07, 6.45) is 16.8. The number of hydrogen-bond donors (Lipinski definition) is 0. The van der Waals surface area contributed by atoms with Crippen molar-refractivity contribution in [2.45, 2.75) is 114 Å². The molecule has 268 valence electrons. The second kappa shape index (κ2) is 21.4. The fourth-order valence-electron chi connectivity index (χ4n) is 5.34. The van der Waals surface area contributed by atoms with Crippen molar-refractivity contribution in [1.29, 1.82) is 0 Å². The summed E-state index contributed by atoms with van der Waals surface area (Å²) in [5.41, 5.74) is 6.75. The van der Waals surface area contributed by atoms with Crippen LogP contribution in [0.25, 0.3) is 0 Å². The van der Waals surface area contributed by atoms with Gasteiger partial charge in [-0.3, -0.25) is 0 Å². The zero-order valence-electron chi connectivity index (χ0n) is 30.9. The van der Waals surface area contributed by atoms with Crippen LogP contribution in [-0.4, -0.2) is 38.8 Å². The first kappa shape index (κ1) is 42.3. The number of rotatable bonds is 20. The highest BCUT2D eigenvalue weighted by Crippen LogP contribution is 2.26. The highest BCUT2D eigenvalue weighted by molar-refractivity contribution is 7.99. The van der Waals surface area contributed by atoms with E-state index in [0.29, 0.717) is 22.6 Å². The SMILES string of the molecule is CC(C)=CCC/C(C)=C/C(C/C(C)=C\CSC/C=C(\C)CC(/C=C(\C)CCC=C(C)C)S(=O)(=O)c1ccccc1)S(=O)(=O)c1ccccc1. The van der Waals surface area contributed by atoms with Gasteiger partial charge in [0.1, 0.15) is 0 Å². The van der Waals surface area contributed by atoms with Gasteiger partial charge < -0.3 is 0 Å². The molecule has 7 heteroatoms. The average molecular weight is 723 g/mol. The van der Waals surface area contributed by atoms with Gasteiger partial charge in [0.2, 0.25) is 0 Å². The van der Waals surface area contributed by atoms with Crippen LogP contribution in [0.5, 0.6) is 0 Å². The standard InChI is InChI=1S/C42H58O4S3/c1-33(2)17-15-19-35(5)29-41(48(43,44)39-21-11-9-12-22-39)31-37(7)25-27-47-28-26-38(8)32-42(30-36(6)20-16-18-34(3)4)49(45,46)40-23-13-10-14-24-40/h9-14,17-18,21-26,29-30,41-42H,15-16,19-20,27-28,31-32H2,1-8H3/b35-29+,36-30+,37-25-,38-26+. The summed E-state index contributed by atoms with van der Waals surface area (Å²) in [5, 5.41) is -1.26. The van der Waals surface area contributed by atoms with Gasteiger partial charge in [0.25, 0.3) is 0 Å². The largest absolute Gasteiger partial charge is 0.223 e. The zero-order chi connectivity index (χ0) is 36.5. The minimum atomic E-state index is -3.55. The summed E-state index contributed by atoms with van der Waals surface area (Å²) >= 11 is 1.73. The first-order chi connectivity index (χ1) is 23.1. The Hall–Kier alpha value is -2.87. The van der Waals surface area contributed by atoms with Crippen LogP contribution in [0.3, 0.4) is 0 Å². The molecule has 2 unspecified atom stereocenters. The minimum Gasteiger partial charge on any atom is -0.223 e. The predicted molar refractivity (Wildman–Crippen MR) is 214 cm³/mol. The zero-order valence-corrected chi connectivity index (χ0v) is 33.4. The predicted octanol–water partition coefficient (Wildman–Crippen LogP) is 11.5. The number of sulfone groups is 2. The van der Waals surface area contributed by atoms with Crippen LogP contribution in [0, 0.1) is 0 Å². The second-order valence-corrected chi connectivity index (χ2v) is 18.9. The molecule has 0 spiro atoms. The van der Waals surface area contributed by atoms with Gasteiger partial charge in [-0.15, -0.1) is 0 Å². The fourth-order valence-corrected chi connectivity index (χ4v) is 9.84. The molecule has 0 aliphatic carbocycles. The second-order valence-electron chi connectivity index (χ2n) is 13.5.